The third-order valence-electron chi connectivity index (χ3n) is 3.23. The lowest BCUT2D eigenvalue weighted by molar-refractivity contribution is 0.0685. The van der Waals surface area contributed by atoms with E-state index in [0.29, 0.717) is 4.47 Å². The first-order valence-corrected chi connectivity index (χ1v) is 7.00. The number of rotatable bonds is 4. The Kier molecular flexibility index (Phi) is 4.41. The maximum Gasteiger partial charge on any atom is 0.343 e. The van der Waals surface area contributed by atoms with Gasteiger partial charge in [-0.1, -0.05) is 6.08 Å². The van der Waals surface area contributed by atoms with Gasteiger partial charge in [0.25, 0.3) is 0 Å². The molecule has 2 aromatic rings. The normalized spacial score (nSPS) is 10.8. The summed E-state index contributed by atoms with van der Waals surface area (Å²) in [7, 11) is 1.68. The lowest BCUT2D eigenvalue weighted by Gasteiger charge is -2.10. The number of allylic oxidation sites excluding steroid dienone is 1. The van der Waals surface area contributed by atoms with E-state index >= 15 is 0 Å². The molecule has 1 N–H and O–H groups in total. The van der Waals surface area contributed by atoms with Crippen molar-refractivity contribution in [3.05, 3.63) is 45.7 Å². The summed E-state index contributed by atoms with van der Waals surface area (Å²) in [4.78, 5) is 14.6. The minimum Gasteiger partial charge on any atom is -0.477 e. The number of pyridine rings is 1. The van der Waals surface area contributed by atoms with Gasteiger partial charge in [0.15, 0.2) is 5.56 Å². The molecule has 0 aliphatic carbocycles. The zero-order valence-electron chi connectivity index (χ0n) is 11.8. The number of aryl methyl sites for hydroxylation is 1. The highest BCUT2D eigenvalue weighted by molar-refractivity contribution is 9.10. The molecule has 0 bridgehead atoms. The van der Waals surface area contributed by atoms with E-state index in [2.05, 4.69) is 32.6 Å². The molecule has 0 saturated carbocycles. The number of carbonyl (C=O) groups is 1. The summed E-state index contributed by atoms with van der Waals surface area (Å²) < 4.78 is 30.4. The SMILES string of the molecule is C=CCc1c(-c2nn(C)c(C)c2Br)nc(F)c(C(=O)O)c1F. The van der Waals surface area contributed by atoms with Crippen LogP contribution in [0.4, 0.5) is 8.78 Å². The van der Waals surface area contributed by atoms with Gasteiger partial charge in [0.1, 0.15) is 17.2 Å². The first kappa shape index (κ1) is 16.3. The van der Waals surface area contributed by atoms with Gasteiger partial charge in [-0.05, 0) is 29.3 Å². The molecule has 0 saturated heterocycles. The van der Waals surface area contributed by atoms with Crippen LogP contribution in [0.3, 0.4) is 0 Å². The highest BCUT2D eigenvalue weighted by Gasteiger charge is 2.27. The summed E-state index contributed by atoms with van der Waals surface area (Å²) in [6, 6.07) is 0. The van der Waals surface area contributed by atoms with Crippen LogP contribution in [-0.4, -0.2) is 25.8 Å². The summed E-state index contributed by atoms with van der Waals surface area (Å²) in [6.07, 6.45) is 1.38. The topological polar surface area (TPSA) is 68.0 Å². The number of aromatic nitrogens is 3. The molecule has 0 aliphatic rings. The van der Waals surface area contributed by atoms with Crippen molar-refractivity contribution in [3.8, 4) is 11.4 Å². The van der Waals surface area contributed by atoms with E-state index in [9.17, 15) is 13.6 Å². The molecule has 0 unspecified atom stereocenters. The molecular formula is C14H12BrF2N3O2. The minimum absolute atomic E-state index is 0.00319. The number of halogens is 3. The maximum atomic E-state index is 14.4. The van der Waals surface area contributed by atoms with Gasteiger partial charge >= 0.3 is 5.97 Å². The maximum absolute atomic E-state index is 14.4. The second-order valence-electron chi connectivity index (χ2n) is 4.59. The van der Waals surface area contributed by atoms with Crippen molar-refractivity contribution in [2.24, 2.45) is 7.05 Å². The van der Waals surface area contributed by atoms with Crippen LogP contribution in [0.1, 0.15) is 21.6 Å². The minimum atomic E-state index is -1.71. The summed E-state index contributed by atoms with van der Waals surface area (Å²) in [5.41, 5.74) is -0.205. The quantitative estimate of drug-likeness (QED) is 0.661. The first-order valence-electron chi connectivity index (χ1n) is 6.21. The number of hydrogen-bond donors (Lipinski definition) is 1. The molecule has 0 radical (unpaired) electrons. The molecule has 5 nitrogen and oxygen atoms in total. The molecule has 0 fully saturated rings. The van der Waals surface area contributed by atoms with Crippen LogP contribution in [0.5, 0.6) is 0 Å². The van der Waals surface area contributed by atoms with Crippen LogP contribution >= 0.6 is 15.9 Å². The second-order valence-corrected chi connectivity index (χ2v) is 5.38. The lowest BCUT2D eigenvalue weighted by Crippen LogP contribution is -2.12. The first-order chi connectivity index (χ1) is 10.3. The Morgan fingerprint density at radius 2 is 2.09 bits per heavy atom. The van der Waals surface area contributed by atoms with Gasteiger partial charge in [-0.3, -0.25) is 4.68 Å². The Morgan fingerprint density at radius 1 is 1.45 bits per heavy atom. The zero-order chi connectivity index (χ0) is 16.6. The van der Waals surface area contributed by atoms with Gasteiger partial charge in [0.05, 0.1) is 4.47 Å². The molecular weight excluding hydrogens is 360 g/mol. The van der Waals surface area contributed by atoms with Crippen molar-refractivity contribution in [2.45, 2.75) is 13.3 Å². The van der Waals surface area contributed by atoms with E-state index in [1.165, 1.54) is 10.8 Å². The Morgan fingerprint density at radius 3 is 2.55 bits per heavy atom. The largest absolute Gasteiger partial charge is 0.477 e. The summed E-state index contributed by atoms with van der Waals surface area (Å²) in [5.74, 6) is -4.26. The molecule has 116 valence electrons. The van der Waals surface area contributed by atoms with Crippen molar-refractivity contribution in [1.29, 1.82) is 0 Å². The number of carboxylic acids is 1. The Hall–Kier alpha value is -2.09. The summed E-state index contributed by atoms with van der Waals surface area (Å²) in [5, 5.41) is 13.1. The average Bonchev–Trinajstić information content (AvgIpc) is 2.69. The second kappa shape index (κ2) is 5.96. The fourth-order valence-corrected chi connectivity index (χ4v) is 2.53. The van der Waals surface area contributed by atoms with Crippen LogP contribution in [0.15, 0.2) is 17.1 Å². The fraction of sp³-hybridized carbons (Fsp3) is 0.214. The molecule has 22 heavy (non-hydrogen) atoms. The molecule has 2 rings (SSSR count). The Labute approximate surface area is 133 Å². The van der Waals surface area contributed by atoms with E-state index < -0.39 is 23.3 Å². The Bertz CT molecular complexity index is 787. The third kappa shape index (κ3) is 2.54. The molecule has 0 atom stereocenters. The molecule has 0 amide bonds. The molecule has 0 spiro atoms. The van der Waals surface area contributed by atoms with Gasteiger partial charge in [-0.15, -0.1) is 6.58 Å². The number of nitrogens with zero attached hydrogens (tertiary/aromatic N) is 3. The van der Waals surface area contributed by atoms with E-state index in [0.717, 1.165) is 5.69 Å². The van der Waals surface area contributed by atoms with Gasteiger partial charge < -0.3 is 5.11 Å². The number of aromatic carboxylic acids is 1. The van der Waals surface area contributed by atoms with Crippen molar-refractivity contribution in [3.63, 3.8) is 0 Å². The fourth-order valence-electron chi connectivity index (χ4n) is 2.01. The highest BCUT2D eigenvalue weighted by atomic mass is 79.9. The van der Waals surface area contributed by atoms with Crippen molar-refractivity contribution < 1.29 is 18.7 Å². The average molecular weight is 372 g/mol. The zero-order valence-corrected chi connectivity index (χ0v) is 13.4. The molecule has 0 aromatic carbocycles. The highest BCUT2D eigenvalue weighted by Crippen LogP contribution is 2.33. The van der Waals surface area contributed by atoms with Crippen molar-refractivity contribution in [2.75, 3.05) is 0 Å². The lowest BCUT2D eigenvalue weighted by atomic mass is 10.0. The smallest absolute Gasteiger partial charge is 0.343 e. The van der Waals surface area contributed by atoms with Crippen LogP contribution in [-0.2, 0) is 13.5 Å². The van der Waals surface area contributed by atoms with Crippen molar-refractivity contribution >= 4 is 21.9 Å². The molecule has 8 heteroatoms. The monoisotopic (exact) mass is 371 g/mol. The van der Waals surface area contributed by atoms with Gasteiger partial charge in [-0.2, -0.15) is 9.49 Å². The van der Waals surface area contributed by atoms with Crippen LogP contribution < -0.4 is 0 Å². The predicted molar refractivity (Wildman–Crippen MR) is 79.7 cm³/mol. The van der Waals surface area contributed by atoms with Gasteiger partial charge in [0.2, 0.25) is 5.95 Å². The van der Waals surface area contributed by atoms with E-state index in [-0.39, 0.29) is 23.4 Å². The van der Waals surface area contributed by atoms with Crippen LogP contribution in [0.2, 0.25) is 0 Å². The van der Waals surface area contributed by atoms with Crippen LogP contribution in [0.25, 0.3) is 11.4 Å². The van der Waals surface area contributed by atoms with E-state index in [1.807, 2.05) is 0 Å². The summed E-state index contributed by atoms with van der Waals surface area (Å²) in [6.45, 7) is 5.27. The van der Waals surface area contributed by atoms with Gasteiger partial charge in [-0.25, -0.2) is 14.2 Å². The van der Waals surface area contributed by atoms with Crippen LogP contribution in [0, 0.1) is 18.7 Å². The van der Waals surface area contributed by atoms with Gasteiger partial charge in [0, 0.05) is 18.3 Å². The molecule has 0 aliphatic heterocycles. The number of carboxylic acid groups (broad SMARTS) is 1. The predicted octanol–water partition coefficient (Wildman–Crippen LogP) is 3.26. The standard InChI is InChI=1S/C14H12BrF2N3O2/c1-4-5-7-10(16)8(14(21)22)13(17)18-11(7)12-9(15)6(2)20(3)19-12/h4H,1,5H2,2-3H3,(H,21,22). The third-order valence-corrected chi connectivity index (χ3v) is 4.18. The molecule has 2 heterocycles. The number of hydrogen-bond acceptors (Lipinski definition) is 3. The van der Waals surface area contributed by atoms with E-state index in [1.54, 1.807) is 14.0 Å². The Balaban J connectivity index is 2.83. The summed E-state index contributed by atoms with van der Waals surface area (Å²) >= 11 is 3.31. The van der Waals surface area contributed by atoms with Crippen molar-refractivity contribution in [1.82, 2.24) is 14.8 Å². The van der Waals surface area contributed by atoms with E-state index in [4.69, 9.17) is 5.11 Å². The molecule has 2 aromatic heterocycles.